The molecule has 0 spiro atoms. The zero-order chi connectivity index (χ0) is 26.9. The molecule has 0 amide bonds. The van der Waals surface area contributed by atoms with Crippen LogP contribution in [0, 0.1) is 0 Å². The molecule has 0 radical (unpaired) electrons. The third-order valence-electron chi connectivity index (χ3n) is 7.01. The van der Waals surface area contributed by atoms with E-state index < -0.39 is 0 Å². The van der Waals surface area contributed by atoms with Crippen molar-refractivity contribution in [2.45, 2.75) is 0 Å². The van der Waals surface area contributed by atoms with E-state index in [0.717, 1.165) is 50.2 Å². The summed E-state index contributed by atoms with van der Waals surface area (Å²) in [5, 5.41) is 10.7. The van der Waals surface area contributed by atoms with Crippen molar-refractivity contribution in [1.82, 2.24) is 19.5 Å². The highest BCUT2D eigenvalue weighted by atomic mass is 16.3. The molecule has 0 aliphatic carbocycles. The smallest absolute Gasteiger partial charge is 0.168 e. The maximum Gasteiger partial charge on any atom is 0.168 e. The molecule has 7 rings (SSSR count). The summed E-state index contributed by atoms with van der Waals surface area (Å²) in [5.41, 5.74) is 9.29. The van der Waals surface area contributed by atoms with Crippen molar-refractivity contribution in [3.63, 3.8) is 0 Å². The summed E-state index contributed by atoms with van der Waals surface area (Å²) >= 11 is 0. The number of aromatic nitrogens is 4. The maximum atomic E-state index is 10.7. The van der Waals surface area contributed by atoms with Gasteiger partial charge in [0.2, 0.25) is 0 Å². The van der Waals surface area contributed by atoms with Gasteiger partial charge in [0.15, 0.2) is 5.82 Å². The lowest BCUT2D eigenvalue weighted by atomic mass is 9.94. The molecule has 0 fully saturated rings. The molecule has 3 heterocycles. The second-order valence-electron chi connectivity index (χ2n) is 9.53. The topological polar surface area (TPSA) is 63.8 Å². The second-order valence-corrected chi connectivity index (χ2v) is 9.53. The number of imidazole rings is 1. The fraction of sp³-hybridized carbons (Fsp3) is 0. The van der Waals surface area contributed by atoms with Gasteiger partial charge < -0.3 is 5.11 Å². The summed E-state index contributed by atoms with van der Waals surface area (Å²) in [5.74, 6) is 0.663. The Morgan fingerprint density at radius 1 is 0.550 bits per heavy atom. The number of hydrogen-bond acceptors (Lipinski definition) is 4. The van der Waals surface area contributed by atoms with E-state index in [2.05, 4.69) is 75.2 Å². The molecule has 40 heavy (non-hydrogen) atoms. The fourth-order valence-corrected chi connectivity index (χ4v) is 5.16. The van der Waals surface area contributed by atoms with Crippen LogP contribution in [0.2, 0.25) is 0 Å². The fourth-order valence-electron chi connectivity index (χ4n) is 5.16. The molecule has 0 aliphatic rings. The Morgan fingerprint density at radius 3 is 2.05 bits per heavy atom. The van der Waals surface area contributed by atoms with Crippen LogP contribution in [0.1, 0.15) is 0 Å². The number of aromatic hydroxyl groups is 1. The quantitative estimate of drug-likeness (QED) is 0.250. The van der Waals surface area contributed by atoms with Gasteiger partial charge in [0.1, 0.15) is 11.4 Å². The first-order chi connectivity index (χ1) is 19.8. The number of para-hydroxylation sites is 2. The summed E-state index contributed by atoms with van der Waals surface area (Å²) in [6.45, 7) is 0. The Morgan fingerprint density at radius 2 is 1.27 bits per heavy atom. The van der Waals surface area contributed by atoms with Crippen LogP contribution in [0.15, 0.2) is 140 Å². The molecule has 5 nitrogen and oxygen atoms in total. The van der Waals surface area contributed by atoms with E-state index in [4.69, 9.17) is 4.98 Å². The Hall–Kier alpha value is -5.55. The predicted octanol–water partition coefficient (Wildman–Crippen LogP) is 8.19. The summed E-state index contributed by atoms with van der Waals surface area (Å²) in [6.07, 6.45) is 3.49. The SMILES string of the molecule is Oc1cccnc1-c1nc2c(-c3cc(-c4ccccc4)cc(-c4ccccn4)c3)cccc2n1-c1ccccc1. The predicted molar refractivity (Wildman–Crippen MR) is 160 cm³/mol. The van der Waals surface area contributed by atoms with Gasteiger partial charge in [0.05, 0.1) is 16.7 Å². The van der Waals surface area contributed by atoms with Crippen molar-refractivity contribution in [2.75, 3.05) is 0 Å². The molecular weight excluding hydrogens is 492 g/mol. The summed E-state index contributed by atoms with van der Waals surface area (Å²) in [6, 6.07) is 42.5. The highest BCUT2D eigenvalue weighted by Crippen LogP contribution is 2.38. The highest BCUT2D eigenvalue weighted by Gasteiger charge is 2.21. The van der Waals surface area contributed by atoms with Crippen molar-refractivity contribution < 1.29 is 5.11 Å². The second kappa shape index (κ2) is 9.97. The molecule has 0 aliphatic heterocycles. The Kier molecular flexibility index (Phi) is 5.87. The summed E-state index contributed by atoms with van der Waals surface area (Å²) in [7, 11) is 0. The van der Waals surface area contributed by atoms with Gasteiger partial charge >= 0.3 is 0 Å². The van der Waals surface area contributed by atoms with Crippen LogP contribution in [0.25, 0.3) is 61.8 Å². The molecule has 1 N–H and O–H groups in total. The molecule has 0 unspecified atom stereocenters. The van der Waals surface area contributed by atoms with Crippen LogP contribution in [0.5, 0.6) is 5.75 Å². The molecule has 5 heteroatoms. The van der Waals surface area contributed by atoms with Gasteiger partial charge in [-0.2, -0.15) is 0 Å². The van der Waals surface area contributed by atoms with Crippen LogP contribution >= 0.6 is 0 Å². The molecule has 0 atom stereocenters. The van der Waals surface area contributed by atoms with E-state index in [-0.39, 0.29) is 5.75 Å². The summed E-state index contributed by atoms with van der Waals surface area (Å²) in [4.78, 5) is 14.3. The van der Waals surface area contributed by atoms with Gasteiger partial charge in [-0.25, -0.2) is 9.97 Å². The molecule has 7 aromatic rings. The average Bonchev–Trinajstić information content (AvgIpc) is 3.42. The van der Waals surface area contributed by atoms with E-state index in [1.807, 2.05) is 60.8 Å². The molecule has 3 aromatic heterocycles. The van der Waals surface area contributed by atoms with E-state index in [9.17, 15) is 5.11 Å². The standard InChI is InChI=1S/C35H24N4O/c40-32-18-10-20-37-34(32)35-38-33-29(15-9-17-31(33)39(35)28-13-5-2-6-14-28)26-21-25(24-11-3-1-4-12-24)22-27(23-26)30-16-7-8-19-36-30/h1-23,40H. The van der Waals surface area contributed by atoms with E-state index in [1.54, 1.807) is 18.3 Å². The van der Waals surface area contributed by atoms with Crippen LogP contribution in [-0.2, 0) is 0 Å². The van der Waals surface area contributed by atoms with Gasteiger partial charge in [0, 0.05) is 29.2 Å². The maximum absolute atomic E-state index is 10.7. The third kappa shape index (κ3) is 4.20. The van der Waals surface area contributed by atoms with Crippen LogP contribution in [0.3, 0.4) is 0 Å². The van der Waals surface area contributed by atoms with Crippen LogP contribution < -0.4 is 0 Å². The molecular formula is C35H24N4O. The average molecular weight is 517 g/mol. The third-order valence-corrected chi connectivity index (χ3v) is 7.01. The normalized spacial score (nSPS) is 11.1. The number of fused-ring (bicyclic) bond motifs is 1. The van der Waals surface area contributed by atoms with E-state index >= 15 is 0 Å². The number of nitrogens with zero attached hydrogens (tertiary/aromatic N) is 4. The van der Waals surface area contributed by atoms with Crippen molar-refractivity contribution in [1.29, 1.82) is 0 Å². The first-order valence-corrected chi connectivity index (χ1v) is 13.1. The Balaban J connectivity index is 1.52. The minimum atomic E-state index is 0.0834. The van der Waals surface area contributed by atoms with Crippen LogP contribution in [0.4, 0.5) is 0 Å². The first-order valence-electron chi connectivity index (χ1n) is 13.1. The summed E-state index contributed by atoms with van der Waals surface area (Å²) < 4.78 is 2.06. The minimum Gasteiger partial charge on any atom is -0.506 e. The number of benzene rings is 4. The minimum absolute atomic E-state index is 0.0834. The lowest BCUT2D eigenvalue weighted by molar-refractivity contribution is 0.474. The zero-order valence-corrected chi connectivity index (χ0v) is 21.5. The lowest BCUT2D eigenvalue weighted by Gasteiger charge is -2.12. The van der Waals surface area contributed by atoms with E-state index in [1.165, 1.54) is 0 Å². The van der Waals surface area contributed by atoms with Crippen molar-refractivity contribution in [3.8, 4) is 56.5 Å². The molecule has 190 valence electrons. The zero-order valence-electron chi connectivity index (χ0n) is 21.5. The van der Waals surface area contributed by atoms with Gasteiger partial charge in [-0.05, 0) is 77.4 Å². The van der Waals surface area contributed by atoms with Gasteiger partial charge in [-0.1, -0.05) is 66.7 Å². The lowest BCUT2D eigenvalue weighted by Crippen LogP contribution is -1.98. The largest absolute Gasteiger partial charge is 0.506 e. The molecule has 0 bridgehead atoms. The number of hydrogen-bond donors (Lipinski definition) is 1. The van der Waals surface area contributed by atoms with Gasteiger partial charge in [-0.3, -0.25) is 9.55 Å². The monoisotopic (exact) mass is 516 g/mol. The van der Waals surface area contributed by atoms with Crippen molar-refractivity contribution >= 4 is 11.0 Å². The van der Waals surface area contributed by atoms with Crippen LogP contribution in [-0.4, -0.2) is 24.6 Å². The van der Waals surface area contributed by atoms with Gasteiger partial charge in [0.25, 0.3) is 0 Å². The molecule has 0 saturated heterocycles. The van der Waals surface area contributed by atoms with Crippen molar-refractivity contribution in [2.24, 2.45) is 0 Å². The highest BCUT2D eigenvalue weighted by molar-refractivity contribution is 5.97. The van der Waals surface area contributed by atoms with E-state index in [0.29, 0.717) is 11.5 Å². The number of pyridine rings is 2. The molecule has 0 saturated carbocycles. The molecule has 4 aromatic carbocycles. The Bertz CT molecular complexity index is 1890. The number of rotatable bonds is 5. The van der Waals surface area contributed by atoms with Gasteiger partial charge in [-0.15, -0.1) is 0 Å². The van der Waals surface area contributed by atoms with Crippen molar-refractivity contribution in [3.05, 3.63) is 140 Å². The Labute approximate surface area is 231 Å². The first kappa shape index (κ1) is 23.6.